The van der Waals surface area contributed by atoms with Gasteiger partial charge in [-0.2, -0.15) is 0 Å². The molecule has 0 unspecified atom stereocenters. The van der Waals surface area contributed by atoms with Crippen molar-refractivity contribution >= 4 is 5.69 Å². The summed E-state index contributed by atoms with van der Waals surface area (Å²) < 4.78 is 0. The average Bonchev–Trinajstić information content (AvgIpc) is 2.84. The quantitative estimate of drug-likeness (QED) is 0.773. The Balaban J connectivity index is 2.54. The molecule has 0 bridgehead atoms. The van der Waals surface area contributed by atoms with Gasteiger partial charge in [0.15, 0.2) is 0 Å². The van der Waals surface area contributed by atoms with Gasteiger partial charge in [0.2, 0.25) is 0 Å². The zero-order chi connectivity index (χ0) is 10.3. The maximum absolute atomic E-state index is 10.2. The second kappa shape index (κ2) is 2.99. The molecule has 0 atom stereocenters. The number of aliphatic hydroxyl groups is 1. The first kappa shape index (κ1) is 9.53. The Hall–Kier alpha value is -1.02. The summed E-state index contributed by atoms with van der Waals surface area (Å²) in [6, 6.07) is 6.18. The monoisotopic (exact) mass is 191 g/mol. The molecule has 0 heterocycles. The Morgan fingerprint density at radius 3 is 2.43 bits per heavy atom. The highest BCUT2D eigenvalue weighted by Gasteiger charge is 2.44. The van der Waals surface area contributed by atoms with Gasteiger partial charge in [-0.3, -0.25) is 0 Å². The fourth-order valence-corrected chi connectivity index (χ4v) is 2.00. The van der Waals surface area contributed by atoms with E-state index in [9.17, 15) is 5.11 Å². The van der Waals surface area contributed by atoms with E-state index in [1.807, 2.05) is 20.2 Å². The summed E-state index contributed by atoms with van der Waals surface area (Å²) in [4.78, 5) is 2.07. The normalized spacial score (nSPS) is 18.0. The van der Waals surface area contributed by atoms with Crippen molar-refractivity contribution in [2.75, 3.05) is 19.0 Å². The first-order valence-corrected chi connectivity index (χ1v) is 5.04. The molecule has 2 nitrogen and oxygen atoms in total. The summed E-state index contributed by atoms with van der Waals surface area (Å²) in [6.45, 7) is 2.07. The summed E-state index contributed by atoms with van der Waals surface area (Å²) in [6.07, 6.45) is 1.80. The van der Waals surface area contributed by atoms with Crippen LogP contribution >= 0.6 is 0 Å². The lowest BCUT2D eigenvalue weighted by molar-refractivity contribution is 0.151. The minimum absolute atomic E-state index is 0.537. The average molecular weight is 191 g/mol. The van der Waals surface area contributed by atoms with Crippen LogP contribution in [0.2, 0.25) is 0 Å². The van der Waals surface area contributed by atoms with Crippen LogP contribution in [-0.4, -0.2) is 19.2 Å². The van der Waals surface area contributed by atoms with Crippen LogP contribution in [-0.2, 0) is 5.60 Å². The molecule has 0 aromatic heterocycles. The minimum atomic E-state index is -0.537. The predicted octanol–water partition coefficient (Wildman–Crippen LogP) is 2.04. The second-order valence-corrected chi connectivity index (χ2v) is 4.40. The summed E-state index contributed by atoms with van der Waals surface area (Å²) in [5, 5.41) is 10.2. The highest BCUT2D eigenvalue weighted by Crippen LogP contribution is 2.49. The van der Waals surface area contributed by atoms with Gasteiger partial charge in [0, 0.05) is 25.3 Å². The predicted molar refractivity (Wildman–Crippen MR) is 58.6 cm³/mol. The first-order valence-electron chi connectivity index (χ1n) is 5.04. The standard InChI is InChI=1S/C12H17NO/c1-9-5-4-6-10(13(2)3)11(9)12(14)7-8-12/h4-6,14H,7-8H2,1-3H3. The Morgan fingerprint density at radius 1 is 1.29 bits per heavy atom. The summed E-state index contributed by atoms with van der Waals surface area (Å²) in [7, 11) is 4.04. The molecule has 1 saturated carbocycles. The molecule has 0 aliphatic heterocycles. The lowest BCUT2D eigenvalue weighted by Crippen LogP contribution is -2.17. The van der Waals surface area contributed by atoms with Crippen LogP contribution < -0.4 is 4.90 Å². The maximum Gasteiger partial charge on any atom is 0.0921 e. The van der Waals surface area contributed by atoms with Gasteiger partial charge in [0.1, 0.15) is 0 Å². The number of rotatable bonds is 2. The van der Waals surface area contributed by atoms with E-state index in [4.69, 9.17) is 0 Å². The molecule has 2 rings (SSSR count). The van der Waals surface area contributed by atoms with Gasteiger partial charge < -0.3 is 10.0 Å². The lowest BCUT2D eigenvalue weighted by atomic mass is 9.99. The van der Waals surface area contributed by atoms with Crippen LogP contribution in [0.3, 0.4) is 0 Å². The Bertz CT molecular complexity index is 353. The molecule has 1 aliphatic rings. The SMILES string of the molecule is Cc1cccc(N(C)C)c1C1(O)CC1. The van der Waals surface area contributed by atoms with Gasteiger partial charge in [0.05, 0.1) is 5.60 Å². The summed E-state index contributed by atoms with van der Waals surface area (Å²) >= 11 is 0. The van der Waals surface area contributed by atoms with E-state index >= 15 is 0 Å². The first-order chi connectivity index (χ1) is 6.54. The van der Waals surface area contributed by atoms with Gasteiger partial charge in [-0.25, -0.2) is 0 Å². The molecule has 0 amide bonds. The fourth-order valence-electron chi connectivity index (χ4n) is 2.00. The zero-order valence-electron chi connectivity index (χ0n) is 9.04. The Morgan fingerprint density at radius 2 is 1.93 bits per heavy atom. The third-order valence-electron chi connectivity index (χ3n) is 2.92. The molecule has 1 aliphatic carbocycles. The fraction of sp³-hybridized carbons (Fsp3) is 0.500. The third-order valence-corrected chi connectivity index (χ3v) is 2.92. The highest BCUT2D eigenvalue weighted by molar-refractivity contribution is 5.59. The van der Waals surface area contributed by atoms with E-state index in [1.165, 1.54) is 5.56 Å². The number of nitrogens with zero attached hydrogens (tertiary/aromatic N) is 1. The zero-order valence-corrected chi connectivity index (χ0v) is 9.04. The van der Waals surface area contributed by atoms with E-state index in [0.717, 1.165) is 24.1 Å². The van der Waals surface area contributed by atoms with Crippen LogP contribution in [0.1, 0.15) is 24.0 Å². The van der Waals surface area contributed by atoms with Gasteiger partial charge in [-0.1, -0.05) is 12.1 Å². The van der Waals surface area contributed by atoms with Crippen molar-refractivity contribution in [2.24, 2.45) is 0 Å². The number of aryl methyl sites for hydroxylation is 1. The molecular formula is C12H17NO. The van der Waals surface area contributed by atoms with Gasteiger partial charge >= 0.3 is 0 Å². The van der Waals surface area contributed by atoms with Crippen molar-refractivity contribution in [3.05, 3.63) is 29.3 Å². The molecule has 1 N–H and O–H groups in total. The highest BCUT2D eigenvalue weighted by atomic mass is 16.3. The van der Waals surface area contributed by atoms with Crippen LogP contribution in [0, 0.1) is 6.92 Å². The van der Waals surface area contributed by atoms with E-state index in [-0.39, 0.29) is 0 Å². The van der Waals surface area contributed by atoms with Crippen LogP contribution in [0.25, 0.3) is 0 Å². The van der Waals surface area contributed by atoms with Crippen molar-refractivity contribution in [1.82, 2.24) is 0 Å². The number of benzene rings is 1. The number of anilines is 1. The lowest BCUT2D eigenvalue weighted by Gasteiger charge is -2.22. The van der Waals surface area contributed by atoms with E-state index in [2.05, 4.69) is 24.0 Å². The maximum atomic E-state index is 10.2. The van der Waals surface area contributed by atoms with Crippen molar-refractivity contribution in [1.29, 1.82) is 0 Å². The topological polar surface area (TPSA) is 23.5 Å². The molecule has 1 aromatic carbocycles. The van der Waals surface area contributed by atoms with Crippen molar-refractivity contribution < 1.29 is 5.11 Å². The van der Waals surface area contributed by atoms with Gasteiger partial charge in [-0.15, -0.1) is 0 Å². The van der Waals surface area contributed by atoms with Crippen LogP contribution in [0.5, 0.6) is 0 Å². The third kappa shape index (κ3) is 1.40. The Kier molecular flexibility index (Phi) is 2.04. The van der Waals surface area contributed by atoms with Gasteiger partial charge in [-0.05, 0) is 31.4 Å². The number of hydrogen-bond acceptors (Lipinski definition) is 2. The molecule has 14 heavy (non-hydrogen) atoms. The molecular weight excluding hydrogens is 174 g/mol. The smallest absolute Gasteiger partial charge is 0.0921 e. The largest absolute Gasteiger partial charge is 0.385 e. The van der Waals surface area contributed by atoms with E-state index < -0.39 is 5.60 Å². The van der Waals surface area contributed by atoms with E-state index in [1.54, 1.807) is 0 Å². The summed E-state index contributed by atoms with van der Waals surface area (Å²) in [5.41, 5.74) is 2.91. The molecule has 1 fully saturated rings. The number of hydrogen-bond donors (Lipinski definition) is 1. The second-order valence-electron chi connectivity index (χ2n) is 4.40. The van der Waals surface area contributed by atoms with Crippen molar-refractivity contribution in [2.45, 2.75) is 25.4 Å². The van der Waals surface area contributed by atoms with Crippen LogP contribution in [0.15, 0.2) is 18.2 Å². The Labute approximate surface area is 85.2 Å². The van der Waals surface area contributed by atoms with Gasteiger partial charge in [0.25, 0.3) is 0 Å². The molecule has 76 valence electrons. The van der Waals surface area contributed by atoms with Crippen molar-refractivity contribution in [3.63, 3.8) is 0 Å². The minimum Gasteiger partial charge on any atom is -0.385 e. The summed E-state index contributed by atoms with van der Waals surface area (Å²) in [5.74, 6) is 0. The van der Waals surface area contributed by atoms with Crippen LogP contribution in [0.4, 0.5) is 5.69 Å². The molecule has 0 spiro atoms. The molecule has 0 saturated heterocycles. The van der Waals surface area contributed by atoms with Crippen molar-refractivity contribution in [3.8, 4) is 0 Å². The molecule has 1 aromatic rings. The molecule has 0 radical (unpaired) electrons. The van der Waals surface area contributed by atoms with E-state index in [0.29, 0.717) is 0 Å². The molecule has 2 heteroatoms.